The third-order valence-corrected chi connectivity index (χ3v) is 2.90. The third-order valence-electron chi connectivity index (χ3n) is 2.90. The van der Waals surface area contributed by atoms with Gasteiger partial charge in [0, 0.05) is 18.7 Å². The molecule has 0 heterocycles. The van der Waals surface area contributed by atoms with Crippen molar-refractivity contribution in [3.8, 4) is 5.75 Å². The molecule has 0 aliphatic heterocycles. The maximum absolute atomic E-state index is 13.5. The highest BCUT2D eigenvalue weighted by molar-refractivity contribution is 5.77. The first-order valence-electron chi connectivity index (χ1n) is 7.31. The molecule has 0 saturated heterocycles. The lowest BCUT2D eigenvalue weighted by Gasteiger charge is -2.11. The summed E-state index contributed by atoms with van der Waals surface area (Å²) in [6, 6.07) is 4.36. The summed E-state index contributed by atoms with van der Waals surface area (Å²) in [6.45, 7) is 6.55. The van der Waals surface area contributed by atoms with Gasteiger partial charge >= 0.3 is 0 Å². The Balaban J connectivity index is 2.47. The van der Waals surface area contributed by atoms with Gasteiger partial charge < -0.3 is 15.8 Å². The molecule has 0 saturated carbocycles. The van der Waals surface area contributed by atoms with E-state index in [1.54, 1.807) is 6.07 Å². The van der Waals surface area contributed by atoms with E-state index in [-0.39, 0.29) is 24.4 Å². The second-order valence-electron chi connectivity index (χ2n) is 5.80. The lowest BCUT2D eigenvalue weighted by atomic mass is 10.1. The van der Waals surface area contributed by atoms with E-state index < -0.39 is 0 Å². The molecule has 1 unspecified atom stereocenters. The van der Waals surface area contributed by atoms with Crippen molar-refractivity contribution in [1.29, 1.82) is 0 Å². The van der Waals surface area contributed by atoms with Crippen LogP contribution in [-0.2, 0) is 11.2 Å². The molecule has 0 aromatic heterocycles. The van der Waals surface area contributed by atoms with Gasteiger partial charge in [-0.15, -0.1) is 0 Å². The maximum atomic E-state index is 13.5. The van der Waals surface area contributed by atoms with Crippen molar-refractivity contribution < 1.29 is 13.9 Å². The molecule has 0 fully saturated rings. The zero-order chi connectivity index (χ0) is 15.8. The number of nitrogens with two attached hydrogens (primary N) is 1. The van der Waals surface area contributed by atoms with Gasteiger partial charge in [-0.3, -0.25) is 4.79 Å². The molecule has 0 aliphatic rings. The molecule has 1 aromatic rings. The normalized spacial score (nSPS) is 12.3. The molecule has 5 heteroatoms. The quantitative estimate of drug-likeness (QED) is 0.773. The average Bonchev–Trinajstić information content (AvgIpc) is 2.34. The van der Waals surface area contributed by atoms with Crippen molar-refractivity contribution in [2.45, 2.75) is 39.7 Å². The lowest BCUT2D eigenvalue weighted by Crippen LogP contribution is -2.30. The fourth-order valence-electron chi connectivity index (χ4n) is 1.89. The topological polar surface area (TPSA) is 64.3 Å². The number of hydrogen-bond acceptors (Lipinski definition) is 3. The average molecular weight is 296 g/mol. The first-order valence-corrected chi connectivity index (χ1v) is 7.31. The molecule has 3 N–H and O–H groups in total. The van der Waals surface area contributed by atoms with E-state index in [4.69, 9.17) is 10.5 Å². The van der Waals surface area contributed by atoms with Gasteiger partial charge in [-0.25, -0.2) is 4.39 Å². The van der Waals surface area contributed by atoms with Crippen LogP contribution in [0.3, 0.4) is 0 Å². The summed E-state index contributed by atoms with van der Waals surface area (Å²) in [5.74, 6) is 0.303. The van der Waals surface area contributed by atoms with E-state index >= 15 is 0 Å². The predicted molar refractivity (Wildman–Crippen MR) is 81.7 cm³/mol. The molecule has 21 heavy (non-hydrogen) atoms. The van der Waals surface area contributed by atoms with Gasteiger partial charge in [-0.1, -0.05) is 13.8 Å². The van der Waals surface area contributed by atoms with Crippen LogP contribution in [0.1, 0.15) is 32.8 Å². The number of carbonyl (C=O) groups excluding carboxylic acids is 1. The van der Waals surface area contributed by atoms with Crippen LogP contribution in [0.4, 0.5) is 4.39 Å². The molecule has 1 amide bonds. The maximum Gasteiger partial charge on any atom is 0.257 e. The van der Waals surface area contributed by atoms with E-state index in [2.05, 4.69) is 19.2 Å². The zero-order valence-corrected chi connectivity index (χ0v) is 13.0. The molecular formula is C16H25FN2O2. The highest BCUT2D eigenvalue weighted by Crippen LogP contribution is 2.17. The van der Waals surface area contributed by atoms with Crippen LogP contribution < -0.4 is 15.8 Å². The molecule has 4 nitrogen and oxygen atoms in total. The first kappa shape index (κ1) is 17.4. The van der Waals surface area contributed by atoms with Crippen molar-refractivity contribution >= 4 is 5.91 Å². The molecule has 0 radical (unpaired) electrons. The minimum Gasteiger partial charge on any atom is -0.484 e. The van der Waals surface area contributed by atoms with Gasteiger partial charge in [0.2, 0.25) is 0 Å². The Hall–Kier alpha value is -1.62. The molecule has 1 rings (SSSR count). The van der Waals surface area contributed by atoms with Crippen LogP contribution in [0.2, 0.25) is 0 Å². The summed E-state index contributed by atoms with van der Waals surface area (Å²) in [4.78, 5) is 11.6. The lowest BCUT2D eigenvalue weighted by molar-refractivity contribution is -0.123. The standard InChI is InChI=1S/C16H25FN2O2/c1-11(2)4-5-19-16(20)10-21-15-8-13(6-12(3)18)7-14(17)9-15/h7-9,11-12H,4-6,10,18H2,1-3H3,(H,19,20). The number of nitrogens with one attached hydrogen (secondary N) is 1. The molecule has 0 aliphatic carbocycles. The van der Waals surface area contributed by atoms with E-state index in [9.17, 15) is 9.18 Å². The molecular weight excluding hydrogens is 271 g/mol. The van der Waals surface area contributed by atoms with E-state index in [0.717, 1.165) is 12.0 Å². The number of hydrogen-bond donors (Lipinski definition) is 2. The largest absolute Gasteiger partial charge is 0.484 e. The van der Waals surface area contributed by atoms with Gasteiger partial charge in [0.1, 0.15) is 11.6 Å². The smallest absolute Gasteiger partial charge is 0.257 e. The number of carbonyl (C=O) groups is 1. The number of ether oxygens (including phenoxy) is 1. The minimum atomic E-state index is -0.386. The summed E-state index contributed by atoms with van der Waals surface area (Å²) < 4.78 is 18.8. The van der Waals surface area contributed by atoms with Crippen molar-refractivity contribution in [2.75, 3.05) is 13.2 Å². The molecule has 0 spiro atoms. The molecule has 1 aromatic carbocycles. The number of benzene rings is 1. The monoisotopic (exact) mass is 296 g/mol. The fourth-order valence-corrected chi connectivity index (χ4v) is 1.89. The Labute approximate surface area is 125 Å². The highest BCUT2D eigenvalue weighted by atomic mass is 19.1. The van der Waals surface area contributed by atoms with E-state index in [1.807, 2.05) is 6.92 Å². The van der Waals surface area contributed by atoms with E-state index in [0.29, 0.717) is 24.6 Å². The van der Waals surface area contributed by atoms with Crippen LogP contribution in [0.15, 0.2) is 18.2 Å². The Kier molecular flexibility index (Phi) is 7.15. The molecule has 118 valence electrons. The second kappa shape index (κ2) is 8.62. The number of amides is 1. The summed E-state index contributed by atoms with van der Waals surface area (Å²) >= 11 is 0. The first-order chi connectivity index (χ1) is 9.86. The van der Waals surface area contributed by atoms with Crippen LogP contribution in [-0.4, -0.2) is 25.1 Å². The summed E-state index contributed by atoms with van der Waals surface area (Å²) in [6.07, 6.45) is 1.49. The number of halogens is 1. The second-order valence-corrected chi connectivity index (χ2v) is 5.80. The molecule has 0 bridgehead atoms. The Bertz CT molecular complexity index is 462. The van der Waals surface area contributed by atoms with Crippen LogP contribution in [0.25, 0.3) is 0 Å². The van der Waals surface area contributed by atoms with Crippen LogP contribution >= 0.6 is 0 Å². The van der Waals surface area contributed by atoms with Crippen molar-refractivity contribution in [2.24, 2.45) is 11.7 Å². The fraction of sp³-hybridized carbons (Fsp3) is 0.562. The van der Waals surface area contributed by atoms with Gasteiger partial charge in [0.05, 0.1) is 0 Å². The Morgan fingerprint density at radius 1 is 1.33 bits per heavy atom. The SMILES string of the molecule is CC(C)CCNC(=O)COc1cc(F)cc(CC(C)N)c1. The summed E-state index contributed by atoms with van der Waals surface area (Å²) in [5, 5.41) is 2.77. The van der Waals surface area contributed by atoms with Gasteiger partial charge in [-0.2, -0.15) is 0 Å². The highest BCUT2D eigenvalue weighted by Gasteiger charge is 2.07. The van der Waals surface area contributed by atoms with Gasteiger partial charge in [0.25, 0.3) is 5.91 Å². The van der Waals surface area contributed by atoms with Crippen molar-refractivity contribution in [3.05, 3.63) is 29.6 Å². The molecule has 1 atom stereocenters. The Morgan fingerprint density at radius 2 is 2.05 bits per heavy atom. The van der Waals surface area contributed by atoms with Crippen molar-refractivity contribution in [1.82, 2.24) is 5.32 Å². The Morgan fingerprint density at radius 3 is 2.67 bits per heavy atom. The zero-order valence-electron chi connectivity index (χ0n) is 13.0. The minimum absolute atomic E-state index is 0.0565. The van der Waals surface area contributed by atoms with Crippen molar-refractivity contribution in [3.63, 3.8) is 0 Å². The summed E-state index contributed by atoms with van der Waals surface area (Å²) in [7, 11) is 0. The predicted octanol–water partition coefficient (Wildman–Crippen LogP) is 2.26. The van der Waals surface area contributed by atoms with E-state index in [1.165, 1.54) is 12.1 Å². The van der Waals surface area contributed by atoms with Gasteiger partial charge in [-0.05, 0) is 43.4 Å². The third kappa shape index (κ3) is 7.66. The summed E-state index contributed by atoms with van der Waals surface area (Å²) in [5.41, 5.74) is 6.46. The van der Waals surface area contributed by atoms with Crippen LogP contribution in [0, 0.1) is 11.7 Å². The van der Waals surface area contributed by atoms with Gasteiger partial charge in [0.15, 0.2) is 6.61 Å². The number of rotatable bonds is 8. The van der Waals surface area contributed by atoms with Crippen LogP contribution in [0.5, 0.6) is 5.75 Å².